The molecule has 104 valence electrons. The molecule has 2 unspecified atom stereocenters. The first-order valence-electron chi connectivity index (χ1n) is 6.46. The minimum Gasteiger partial charge on any atom is -0.307 e. The van der Waals surface area contributed by atoms with E-state index in [2.05, 4.69) is 5.32 Å². The first-order valence-corrected chi connectivity index (χ1v) is 6.46. The van der Waals surface area contributed by atoms with Gasteiger partial charge in [-0.3, -0.25) is 4.79 Å². The van der Waals surface area contributed by atoms with Gasteiger partial charge in [0.25, 0.3) is 0 Å². The quantitative estimate of drug-likeness (QED) is 0.888. The van der Waals surface area contributed by atoms with Crippen LogP contribution in [0, 0.1) is 5.82 Å². The van der Waals surface area contributed by atoms with E-state index in [9.17, 15) is 9.18 Å². The van der Waals surface area contributed by atoms with E-state index in [0.717, 1.165) is 12.2 Å². The molecular weight excluding hydrogens is 245 g/mol. The van der Waals surface area contributed by atoms with Crippen molar-refractivity contribution in [3.05, 3.63) is 30.1 Å². The van der Waals surface area contributed by atoms with E-state index in [1.54, 1.807) is 17.0 Å². The number of anilines is 1. The van der Waals surface area contributed by atoms with Crippen molar-refractivity contribution in [3.8, 4) is 0 Å². The fraction of sp³-hybridized carbons (Fsp3) is 0.500. The van der Waals surface area contributed by atoms with Crippen LogP contribution in [0.3, 0.4) is 0 Å². The molecule has 5 heteroatoms. The molecule has 1 heterocycles. The van der Waals surface area contributed by atoms with E-state index in [0.29, 0.717) is 6.54 Å². The molecule has 1 fully saturated rings. The summed E-state index contributed by atoms with van der Waals surface area (Å²) in [5.41, 5.74) is 0.754. The summed E-state index contributed by atoms with van der Waals surface area (Å²) in [6.07, 6.45) is 0. The number of nitrogens with one attached hydrogen (secondary N) is 1. The molecule has 1 amide bonds. The highest BCUT2D eigenvalue weighted by atomic mass is 19.1. The normalized spacial score (nSPS) is 24.1. The predicted molar refractivity (Wildman–Crippen MR) is 73.7 cm³/mol. The van der Waals surface area contributed by atoms with Crippen LogP contribution in [0.25, 0.3) is 0 Å². The zero-order valence-electron chi connectivity index (χ0n) is 11.6. The highest BCUT2D eigenvalue weighted by Crippen LogP contribution is 2.21. The Kier molecular flexibility index (Phi) is 4.17. The monoisotopic (exact) mass is 265 g/mol. The fourth-order valence-corrected chi connectivity index (χ4v) is 2.37. The van der Waals surface area contributed by atoms with Crippen LogP contribution in [0.15, 0.2) is 24.3 Å². The average Bonchev–Trinajstić information content (AvgIpc) is 2.35. The number of piperazine rings is 1. The third-order valence-electron chi connectivity index (χ3n) is 3.29. The second-order valence-corrected chi connectivity index (χ2v) is 5.26. The van der Waals surface area contributed by atoms with E-state index >= 15 is 0 Å². The maximum atomic E-state index is 13.0. The number of rotatable bonds is 3. The van der Waals surface area contributed by atoms with Gasteiger partial charge in [-0.2, -0.15) is 0 Å². The minimum atomic E-state index is -0.288. The zero-order chi connectivity index (χ0) is 14.0. The lowest BCUT2D eigenvalue weighted by Gasteiger charge is -2.39. The molecular formula is C14H20FN3O. The molecule has 19 heavy (non-hydrogen) atoms. The molecule has 0 aliphatic carbocycles. The molecule has 1 N–H and O–H groups in total. The fourth-order valence-electron chi connectivity index (χ4n) is 2.37. The largest absolute Gasteiger partial charge is 0.307 e. The van der Waals surface area contributed by atoms with Crippen LogP contribution in [0.5, 0.6) is 0 Å². The molecule has 4 nitrogen and oxygen atoms in total. The summed E-state index contributed by atoms with van der Waals surface area (Å²) in [7, 11) is 3.88. The molecule has 1 aromatic rings. The number of hydrogen-bond acceptors (Lipinski definition) is 3. The van der Waals surface area contributed by atoms with Gasteiger partial charge in [0.1, 0.15) is 11.9 Å². The Labute approximate surface area is 113 Å². The second kappa shape index (κ2) is 5.67. The Balaban J connectivity index is 2.21. The van der Waals surface area contributed by atoms with Gasteiger partial charge in [-0.05, 0) is 45.3 Å². The van der Waals surface area contributed by atoms with Crippen LogP contribution in [-0.2, 0) is 4.79 Å². The van der Waals surface area contributed by atoms with Crippen LogP contribution in [-0.4, -0.2) is 50.1 Å². The molecule has 0 aromatic heterocycles. The van der Waals surface area contributed by atoms with Crippen molar-refractivity contribution >= 4 is 11.6 Å². The van der Waals surface area contributed by atoms with Gasteiger partial charge < -0.3 is 15.1 Å². The van der Waals surface area contributed by atoms with Crippen LogP contribution < -0.4 is 10.2 Å². The standard InChI is InChI=1S/C14H20FN3O/c1-10-8-16-13(9-17(2)3)14(19)18(10)12-6-4-11(15)5-7-12/h4-7,10,13,16H,8-9H2,1-3H3. The SMILES string of the molecule is CC1CNC(CN(C)C)C(=O)N1c1ccc(F)cc1. The van der Waals surface area contributed by atoms with Crippen molar-refractivity contribution in [1.82, 2.24) is 10.2 Å². The highest BCUT2D eigenvalue weighted by Gasteiger charge is 2.33. The predicted octanol–water partition coefficient (Wildman–Crippen LogP) is 1.08. The van der Waals surface area contributed by atoms with E-state index in [1.165, 1.54) is 12.1 Å². The summed E-state index contributed by atoms with van der Waals surface area (Å²) in [6.45, 7) is 3.38. The molecule has 2 atom stereocenters. The summed E-state index contributed by atoms with van der Waals surface area (Å²) in [4.78, 5) is 16.2. The van der Waals surface area contributed by atoms with Crippen molar-refractivity contribution in [2.75, 3.05) is 32.1 Å². The third kappa shape index (κ3) is 3.11. The van der Waals surface area contributed by atoms with Gasteiger partial charge in [0.2, 0.25) is 5.91 Å². The second-order valence-electron chi connectivity index (χ2n) is 5.26. The first-order chi connectivity index (χ1) is 8.99. The number of halogens is 1. The number of carbonyl (C=O) groups excluding carboxylic acids is 1. The Bertz CT molecular complexity index is 447. The van der Waals surface area contributed by atoms with Crippen LogP contribution >= 0.6 is 0 Å². The summed E-state index contributed by atoms with van der Waals surface area (Å²) in [5, 5.41) is 3.25. The number of nitrogens with zero attached hydrogens (tertiary/aromatic N) is 2. The van der Waals surface area contributed by atoms with Crippen molar-refractivity contribution in [3.63, 3.8) is 0 Å². The van der Waals surface area contributed by atoms with E-state index < -0.39 is 0 Å². The Hall–Kier alpha value is -1.46. The Morgan fingerprint density at radius 2 is 2.00 bits per heavy atom. The molecule has 1 aromatic carbocycles. The van der Waals surface area contributed by atoms with E-state index in [-0.39, 0.29) is 23.8 Å². The molecule has 0 bridgehead atoms. The number of hydrogen-bond donors (Lipinski definition) is 1. The van der Waals surface area contributed by atoms with Gasteiger partial charge in [0.15, 0.2) is 0 Å². The average molecular weight is 265 g/mol. The molecule has 1 aliphatic rings. The lowest BCUT2D eigenvalue weighted by Crippen LogP contribution is -2.62. The van der Waals surface area contributed by atoms with Crippen molar-refractivity contribution < 1.29 is 9.18 Å². The summed E-state index contributed by atoms with van der Waals surface area (Å²) in [6, 6.07) is 5.94. The van der Waals surface area contributed by atoms with E-state index in [4.69, 9.17) is 0 Å². The van der Waals surface area contributed by atoms with Gasteiger partial charge in [0, 0.05) is 24.8 Å². The zero-order valence-corrected chi connectivity index (χ0v) is 11.6. The van der Waals surface area contributed by atoms with Gasteiger partial charge in [0.05, 0.1) is 0 Å². The Morgan fingerprint density at radius 1 is 1.37 bits per heavy atom. The first kappa shape index (κ1) is 14.0. The smallest absolute Gasteiger partial charge is 0.245 e. The topological polar surface area (TPSA) is 35.6 Å². The molecule has 0 spiro atoms. The van der Waals surface area contributed by atoms with Crippen LogP contribution in [0.1, 0.15) is 6.92 Å². The molecule has 2 rings (SSSR count). The number of likely N-dealkylation sites (N-methyl/N-ethyl adjacent to an activating group) is 1. The van der Waals surface area contributed by atoms with Crippen molar-refractivity contribution in [2.45, 2.75) is 19.0 Å². The maximum Gasteiger partial charge on any atom is 0.245 e. The van der Waals surface area contributed by atoms with Crippen LogP contribution in [0.2, 0.25) is 0 Å². The van der Waals surface area contributed by atoms with Gasteiger partial charge in [-0.1, -0.05) is 0 Å². The van der Waals surface area contributed by atoms with Crippen molar-refractivity contribution in [2.24, 2.45) is 0 Å². The molecule has 1 saturated heterocycles. The summed E-state index contributed by atoms with van der Waals surface area (Å²) in [5.74, 6) is -0.247. The number of amides is 1. The lowest BCUT2D eigenvalue weighted by molar-refractivity contribution is -0.122. The minimum absolute atomic E-state index is 0.0408. The molecule has 0 radical (unpaired) electrons. The van der Waals surface area contributed by atoms with Gasteiger partial charge >= 0.3 is 0 Å². The number of benzene rings is 1. The van der Waals surface area contributed by atoms with Gasteiger partial charge in [-0.25, -0.2) is 4.39 Å². The van der Waals surface area contributed by atoms with Gasteiger partial charge in [-0.15, -0.1) is 0 Å². The summed E-state index contributed by atoms with van der Waals surface area (Å²) < 4.78 is 13.0. The highest BCUT2D eigenvalue weighted by molar-refractivity contribution is 5.98. The maximum absolute atomic E-state index is 13.0. The van der Waals surface area contributed by atoms with E-state index in [1.807, 2.05) is 25.9 Å². The summed E-state index contributed by atoms with van der Waals surface area (Å²) >= 11 is 0. The Morgan fingerprint density at radius 3 is 2.58 bits per heavy atom. The molecule has 1 aliphatic heterocycles. The van der Waals surface area contributed by atoms with Crippen molar-refractivity contribution in [1.29, 1.82) is 0 Å². The number of carbonyl (C=O) groups is 1. The lowest BCUT2D eigenvalue weighted by atomic mass is 10.1. The molecule has 0 saturated carbocycles. The third-order valence-corrected chi connectivity index (χ3v) is 3.29. The van der Waals surface area contributed by atoms with Crippen LogP contribution in [0.4, 0.5) is 10.1 Å².